The van der Waals surface area contributed by atoms with E-state index in [1.54, 1.807) is 39.1 Å². The standard InChI is InChI=1S/C17H18N4O5/c1-4-25-16(23)14-10(2)19-26-15(14)18-13(22)9-21-12-8-6-5-7-11(12)20(3)17(21)24/h5-8H,4,9H2,1-3H3,(H,18,22). The monoisotopic (exact) mass is 358 g/mol. The van der Waals surface area contributed by atoms with Crippen molar-refractivity contribution in [3.63, 3.8) is 0 Å². The fraction of sp³-hybridized carbons (Fsp3) is 0.294. The fourth-order valence-electron chi connectivity index (χ4n) is 2.72. The molecule has 3 aromatic rings. The van der Waals surface area contributed by atoms with Crippen molar-refractivity contribution in [1.82, 2.24) is 14.3 Å². The third kappa shape index (κ3) is 2.99. The molecule has 0 saturated heterocycles. The summed E-state index contributed by atoms with van der Waals surface area (Å²) in [7, 11) is 1.64. The molecule has 26 heavy (non-hydrogen) atoms. The van der Waals surface area contributed by atoms with Gasteiger partial charge in [-0.05, 0) is 26.0 Å². The van der Waals surface area contributed by atoms with Gasteiger partial charge in [0.1, 0.15) is 12.1 Å². The number of amides is 1. The van der Waals surface area contributed by atoms with Gasteiger partial charge in [-0.15, -0.1) is 0 Å². The Morgan fingerprint density at radius 2 is 1.96 bits per heavy atom. The number of nitrogens with one attached hydrogen (secondary N) is 1. The lowest BCUT2D eigenvalue weighted by molar-refractivity contribution is -0.116. The Kier molecular flexibility index (Phi) is 4.61. The zero-order chi connectivity index (χ0) is 18.8. The van der Waals surface area contributed by atoms with Gasteiger partial charge in [-0.2, -0.15) is 0 Å². The maximum absolute atomic E-state index is 12.4. The molecule has 0 unspecified atom stereocenters. The second-order valence-corrected chi connectivity index (χ2v) is 5.66. The van der Waals surface area contributed by atoms with Crippen LogP contribution in [-0.4, -0.2) is 32.8 Å². The molecular formula is C17H18N4O5. The molecule has 9 heteroatoms. The van der Waals surface area contributed by atoms with E-state index >= 15 is 0 Å². The quantitative estimate of drug-likeness (QED) is 0.692. The predicted octanol–water partition coefficient (Wildman–Crippen LogP) is 1.45. The van der Waals surface area contributed by atoms with E-state index < -0.39 is 11.9 Å². The van der Waals surface area contributed by atoms with Crippen LogP contribution in [0.1, 0.15) is 23.0 Å². The number of aryl methyl sites for hydroxylation is 2. The highest BCUT2D eigenvalue weighted by atomic mass is 16.5. The summed E-state index contributed by atoms with van der Waals surface area (Å²) in [5, 5.41) is 6.17. The largest absolute Gasteiger partial charge is 0.462 e. The summed E-state index contributed by atoms with van der Waals surface area (Å²) >= 11 is 0. The van der Waals surface area contributed by atoms with Gasteiger partial charge in [-0.3, -0.25) is 19.2 Å². The number of imidazole rings is 1. The van der Waals surface area contributed by atoms with Gasteiger partial charge >= 0.3 is 11.7 Å². The average molecular weight is 358 g/mol. The Balaban J connectivity index is 1.87. The molecule has 0 atom stereocenters. The highest BCUT2D eigenvalue weighted by Crippen LogP contribution is 2.20. The van der Waals surface area contributed by atoms with Gasteiger partial charge in [0.05, 0.1) is 23.3 Å². The normalized spacial score (nSPS) is 10.9. The number of hydrogen-bond donors (Lipinski definition) is 1. The fourth-order valence-corrected chi connectivity index (χ4v) is 2.72. The minimum Gasteiger partial charge on any atom is -0.462 e. The minimum absolute atomic E-state index is 0.0606. The van der Waals surface area contributed by atoms with Crippen molar-refractivity contribution >= 4 is 28.8 Å². The first-order valence-corrected chi connectivity index (χ1v) is 8.01. The molecule has 136 valence electrons. The number of hydrogen-bond acceptors (Lipinski definition) is 6. The van der Waals surface area contributed by atoms with Crippen LogP contribution < -0.4 is 11.0 Å². The van der Waals surface area contributed by atoms with Gasteiger partial charge < -0.3 is 9.26 Å². The van der Waals surface area contributed by atoms with Gasteiger partial charge in [0.25, 0.3) is 0 Å². The lowest BCUT2D eigenvalue weighted by atomic mass is 10.2. The second kappa shape index (κ2) is 6.87. The first-order valence-electron chi connectivity index (χ1n) is 8.01. The van der Waals surface area contributed by atoms with Crippen molar-refractivity contribution in [2.75, 3.05) is 11.9 Å². The molecule has 0 aliphatic heterocycles. The number of nitrogens with zero attached hydrogens (tertiary/aromatic N) is 3. The van der Waals surface area contributed by atoms with Crippen molar-refractivity contribution in [2.45, 2.75) is 20.4 Å². The minimum atomic E-state index is -0.635. The number of fused-ring (bicyclic) bond motifs is 1. The van der Waals surface area contributed by atoms with Crippen LogP contribution in [0.4, 0.5) is 5.88 Å². The van der Waals surface area contributed by atoms with E-state index in [1.807, 2.05) is 6.07 Å². The molecule has 0 saturated carbocycles. The van der Waals surface area contributed by atoms with E-state index in [0.717, 1.165) is 0 Å². The van der Waals surface area contributed by atoms with E-state index in [-0.39, 0.29) is 30.3 Å². The molecule has 1 aromatic carbocycles. The highest BCUT2D eigenvalue weighted by molar-refractivity contribution is 6.00. The summed E-state index contributed by atoms with van der Waals surface area (Å²) in [5.41, 5.74) is 1.40. The number of carbonyl (C=O) groups excluding carboxylic acids is 2. The molecule has 0 aliphatic rings. The van der Waals surface area contributed by atoms with Crippen LogP contribution in [0.2, 0.25) is 0 Å². The molecule has 3 rings (SSSR count). The van der Waals surface area contributed by atoms with Crippen LogP contribution in [0, 0.1) is 6.92 Å². The first kappa shape index (κ1) is 17.5. The molecule has 2 heterocycles. The highest BCUT2D eigenvalue weighted by Gasteiger charge is 2.24. The number of carbonyl (C=O) groups is 2. The third-order valence-electron chi connectivity index (χ3n) is 3.95. The van der Waals surface area contributed by atoms with Crippen LogP contribution in [0.25, 0.3) is 11.0 Å². The lowest BCUT2D eigenvalue weighted by Gasteiger charge is -2.05. The van der Waals surface area contributed by atoms with Crippen LogP contribution in [0.3, 0.4) is 0 Å². The van der Waals surface area contributed by atoms with Crippen molar-refractivity contribution in [3.05, 3.63) is 46.0 Å². The van der Waals surface area contributed by atoms with Crippen molar-refractivity contribution in [2.24, 2.45) is 7.05 Å². The van der Waals surface area contributed by atoms with Crippen molar-refractivity contribution in [1.29, 1.82) is 0 Å². The maximum Gasteiger partial charge on any atom is 0.345 e. The van der Waals surface area contributed by atoms with E-state index in [4.69, 9.17) is 9.26 Å². The van der Waals surface area contributed by atoms with Gasteiger partial charge in [0.15, 0.2) is 0 Å². The SMILES string of the molecule is CCOC(=O)c1c(C)noc1NC(=O)Cn1c(=O)n(C)c2ccccc21. The van der Waals surface area contributed by atoms with Crippen molar-refractivity contribution < 1.29 is 18.8 Å². The summed E-state index contributed by atoms with van der Waals surface area (Å²) in [6.45, 7) is 3.19. The average Bonchev–Trinajstić information content (AvgIpc) is 3.09. The molecular weight excluding hydrogens is 340 g/mol. The van der Waals surface area contributed by atoms with Crippen LogP contribution >= 0.6 is 0 Å². The molecule has 0 aliphatic carbocycles. The molecule has 1 N–H and O–H groups in total. The number of rotatable bonds is 5. The Morgan fingerprint density at radius 3 is 2.65 bits per heavy atom. The van der Waals surface area contributed by atoms with Crippen LogP contribution in [-0.2, 0) is 23.1 Å². The first-order chi connectivity index (χ1) is 12.4. The number of para-hydroxylation sites is 2. The van der Waals surface area contributed by atoms with E-state index in [0.29, 0.717) is 16.7 Å². The van der Waals surface area contributed by atoms with E-state index in [2.05, 4.69) is 10.5 Å². The molecule has 1 amide bonds. The number of aromatic nitrogens is 3. The maximum atomic E-state index is 12.4. The molecule has 0 radical (unpaired) electrons. The Labute approximate surface area is 148 Å². The summed E-state index contributed by atoms with van der Waals surface area (Å²) in [6, 6.07) is 7.15. The number of anilines is 1. The summed E-state index contributed by atoms with van der Waals surface area (Å²) < 4.78 is 12.8. The van der Waals surface area contributed by atoms with Crippen LogP contribution in [0.15, 0.2) is 33.6 Å². The molecule has 0 spiro atoms. The summed E-state index contributed by atoms with van der Waals surface area (Å²) in [5.74, 6) is -1.26. The molecule has 0 bridgehead atoms. The number of ether oxygens (including phenoxy) is 1. The molecule has 0 fully saturated rings. The zero-order valence-corrected chi connectivity index (χ0v) is 14.6. The Morgan fingerprint density at radius 1 is 1.27 bits per heavy atom. The molecule has 2 aromatic heterocycles. The lowest BCUT2D eigenvalue weighted by Crippen LogP contribution is -2.28. The van der Waals surface area contributed by atoms with Gasteiger partial charge in [0, 0.05) is 7.05 Å². The van der Waals surface area contributed by atoms with E-state index in [9.17, 15) is 14.4 Å². The number of benzene rings is 1. The molecule has 9 nitrogen and oxygen atoms in total. The second-order valence-electron chi connectivity index (χ2n) is 5.66. The van der Waals surface area contributed by atoms with Gasteiger partial charge in [-0.25, -0.2) is 9.59 Å². The van der Waals surface area contributed by atoms with E-state index in [1.165, 1.54) is 9.13 Å². The Bertz CT molecular complexity index is 1040. The third-order valence-corrected chi connectivity index (χ3v) is 3.95. The van der Waals surface area contributed by atoms with Gasteiger partial charge in [0.2, 0.25) is 11.8 Å². The topological polar surface area (TPSA) is 108 Å². The summed E-state index contributed by atoms with van der Waals surface area (Å²) in [6.07, 6.45) is 0. The zero-order valence-electron chi connectivity index (χ0n) is 14.6. The Hall–Kier alpha value is -3.36. The van der Waals surface area contributed by atoms with Crippen LogP contribution in [0.5, 0.6) is 0 Å². The smallest absolute Gasteiger partial charge is 0.345 e. The number of esters is 1. The van der Waals surface area contributed by atoms with Crippen molar-refractivity contribution in [3.8, 4) is 0 Å². The summed E-state index contributed by atoms with van der Waals surface area (Å²) in [4.78, 5) is 36.8. The predicted molar refractivity (Wildman–Crippen MR) is 93.0 cm³/mol. The van der Waals surface area contributed by atoms with Gasteiger partial charge in [-0.1, -0.05) is 17.3 Å².